The van der Waals surface area contributed by atoms with Crippen LogP contribution < -0.4 is 0 Å². The van der Waals surface area contributed by atoms with Gasteiger partial charge in [0.05, 0.1) is 0 Å². The minimum Gasteiger partial charge on any atom is -0.337 e. The molecule has 1 aromatic heterocycles. The highest BCUT2D eigenvalue weighted by Crippen LogP contribution is 2.31. The van der Waals surface area contributed by atoms with Gasteiger partial charge in [0.15, 0.2) is 0 Å². The lowest BCUT2D eigenvalue weighted by atomic mass is 10.0. The third kappa shape index (κ3) is 4.15. The van der Waals surface area contributed by atoms with Gasteiger partial charge in [-0.1, -0.05) is 47.1 Å². The lowest BCUT2D eigenvalue weighted by molar-refractivity contribution is -0.130. The van der Waals surface area contributed by atoms with E-state index in [2.05, 4.69) is 10.1 Å². The number of carbonyl (C=O) groups is 1. The number of piperidine rings is 1. The Balaban J connectivity index is 1.53. The van der Waals surface area contributed by atoms with Gasteiger partial charge in [-0.3, -0.25) is 4.79 Å². The van der Waals surface area contributed by atoms with Crippen molar-refractivity contribution in [3.8, 4) is 11.4 Å². The quantitative estimate of drug-likeness (QED) is 0.574. The minimum atomic E-state index is -0.199. The fourth-order valence-electron chi connectivity index (χ4n) is 3.37. The van der Waals surface area contributed by atoms with Crippen LogP contribution in [0.15, 0.2) is 65.2 Å². The topological polar surface area (TPSA) is 59.2 Å². The Hall–Kier alpha value is -2.92. The summed E-state index contributed by atoms with van der Waals surface area (Å²) in [7, 11) is 0. The van der Waals surface area contributed by atoms with Crippen molar-refractivity contribution in [1.82, 2.24) is 15.0 Å². The van der Waals surface area contributed by atoms with Crippen molar-refractivity contribution < 1.29 is 9.32 Å². The van der Waals surface area contributed by atoms with E-state index in [0.29, 0.717) is 23.3 Å². The SMILES string of the molecule is O=C(/C=C/c1ccccc1)N1CCCCC1c1nc(-c2ccc(Cl)cc2)no1. The molecule has 28 heavy (non-hydrogen) atoms. The maximum absolute atomic E-state index is 12.8. The van der Waals surface area contributed by atoms with Gasteiger partial charge in [0, 0.05) is 23.2 Å². The molecule has 2 heterocycles. The van der Waals surface area contributed by atoms with Gasteiger partial charge in [-0.2, -0.15) is 4.98 Å². The predicted molar refractivity (Wildman–Crippen MR) is 109 cm³/mol. The molecule has 1 aliphatic rings. The Labute approximate surface area is 168 Å². The number of halogens is 1. The summed E-state index contributed by atoms with van der Waals surface area (Å²) < 4.78 is 5.52. The number of hydrogen-bond acceptors (Lipinski definition) is 4. The number of hydrogen-bond donors (Lipinski definition) is 0. The Morgan fingerprint density at radius 2 is 1.89 bits per heavy atom. The first-order valence-electron chi connectivity index (χ1n) is 9.34. The standard InChI is InChI=1S/C22H20ClN3O2/c23-18-12-10-17(11-13-18)21-24-22(28-25-21)19-8-4-5-15-26(19)20(27)14-9-16-6-2-1-3-7-16/h1-3,6-7,9-14,19H,4-5,8,15H2/b14-9+. The second-order valence-corrected chi connectivity index (χ2v) is 7.19. The number of amides is 1. The molecule has 0 saturated carbocycles. The molecule has 3 aromatic rings. The van der Waals surface area contributed by atoms with E-state index in [-0.39, 0.29) is 11.9 Å². The summed E-state index contributed by atoms with van der Waals surface area (Å²) in [6, 6.07) is 16.9. The van der Waals surface area contributed by atoms with Crippen molar-refractivity contribution in [2.75, 3.05) is 6.54 Å². The molecule has 2 aromatic carbocycles. The zero-order valence-corrected chi connectivity index (χ0v) is 16.0. The molecule has 5 nitrogen and oxygen atoms in total. The number of nitrogens with zero attached hydrogens (tertiary/aromatic N) is 3. The largest absolute Gasteiger partial charge is 0.337 e. The Morgan fingerprint density at radius 3 is 2.68 bits per heavy atom. The Kier molecular flexibility index (Phi) is 5.53. The average molecular weight is 394 g/mol. The summed E-state index contributed by atoms with van der Waals surface area (Å²) >= 11 is 5.94. The highest BCUT2D eigenvalue weighted by molar-refractivity contribution is 6.30. The molecule has 1 aliphatic heterocycles. The molecule has 0 radical (unpaired) electrons. The van der Waals surface area contributed by atoms with Crippen molar-refractivity contribution in [3.63, 3.8) is 0 Å². The van der Waals surface area contributed by atoms with Gasteiger partial charge in [-0.05, 0) is 55.2 Å². The molecule has 6 heteroatoms. The van der Waals surface area contributed by atoms with Crippen LogP contribution >= 0.6 is 11.6 Å². The van der Waals surface area contributed by atoms with Crippen LogP contribution in [0.2, 0.25) is 5.02 Å². The molecule has 0 spiro atoms. The molecule has 4 rings (SSSR count). The minimum absolute atomic E-state index is 0.0419. The third-order valence-corrected chi connectivity index (χ3v) is 5.09. The van der Waals surface area contributed by atoms with E-state index in [9.17, 15) is 4.79 Å². The van der Waals surface area contributed by atoms with Crippen LogP contribution in [0.4, 0.5) is 0 Å². The number of benzene rings is 2. The monoisotopic (exact) mass is 393 g/mol. The van der Waals surface area contributed by atoms with Crippen molar-refractivity contribution in [2.24, 2.45) is 0 Å². The van der Waals surface area contributed by atoms with Gasteiger partial charge in [-0.15, -0.1) is 0 Å². The van der Waals surface area contributed by atoms with Crippen LogP contribution in [0.5, 0.6) is 0 Å². The van der Waals surface area contributed by atoms with Gasteiger partial charge < -0.3 is 9.42 Å². The number of likely N-dealkylation sites (tertiary alicyclic amines) is 1. The average Bonchev–Trinajstić information content (AvgIpc) is 3.23. The van der Waals surface area contributed by atoms with E-state index in [4.69, 9.17) is 16.1 Å². The number of aromatic nitrogens is 2. The van der Waals surface area contributed by atoms with Crippen LogP contribution in [0, 0.1) is 0 Å². The lowest BCUT2D eigenvalue weighted by Crippen LogP contribution is -2.37. The third-order valence-electron chi connectivity index (χ3n) is 4.83. The highest BCUT2D eigenvalue weighted by atomic mass is 35.5. The van der Waals surface area contributed by atoms with E-state index >= 15 is 0 Å². The second-order valence-electron chi connectivity index (χ2n) is 6.75. The summed E-state index contributed by atoms with van der Waals surface area (Å²) in [6.07, 6.45) is 6.26. The molecular formula is C22H20ClN3O2. The number of rotatable bonds is 4. The van der Waals surface area contributed by atoms with Crippen LogP contribution in [-0.4, -0.2) is 27.5 Å². The van der Waals surface area contributed by atoms with Crippen LogP contribution in [0.3, 0.4) is 0 Å². The fourth-order valence-corrected chi connectivity index (χ4v) is 3.49. The maximum atomic E-state index is 12.8. The molecule has 0 aliphatic carbocycles. The highest BCUT2D eigenvalue weighted by Gasteiger charge is 2.31. The van der Waals surface area contributed by atoms with E-state index in [1.807, 2.05) is 53.4 Å². The maximum Gasteiger partial charge on any atom is 0.249 e. The normalized spacial score (nSPS) is 17.2. The van der Waals surface area contributed by atoms with Gasteiger partial charge in [0.2, 0.25) is 17.6 Å². The van der Waals surface area contributed by atoms with E-state index in [1.54, 1.807) is 18.2 Å². The Bertz CT molecular complexity index is 967. The molecule has 1 amide bonds. The van der Waals surface area contributed by atoms with Crippen LogP contribution in [-0.2, 0) is 4.79 Å². The summed E-state index contributed by atoms with van der Waals surface area (Å²) in [5.41, 5.74) is 1.82. The first-order chi connectivity index (χ1) is 13.7. The molecule has 1 fully saturated rings. The smallest absolute Gasteiger partial charge is 0.249 e. The Morgan fingerprint density at radius 1 is 1.11 bits per heavy atom. The van der Waals surface area contributed by atoms with Gasteiger partial charge in [-0.25, -0.2) is 0 Å². The van der Waals surface area contributed by atoms with E-state index in [0.717, 1.165) is 30.4 Å². The zero-order chi connectivity index (χ0) is 19.3. The summed E-state index contributed by atoms with van der Waals surface area (Å²) in [6.45, 7) is 0.682. The molecule has 1 unspecified atom stereocenters. The van der Waals surface area contributed by atoms with Crippen molar-refractivity contribution in [3.05, 3.63) is 77.2 Å². The van der Waals surface area contributed by atoms with Gasteiger partial charge in [0.25, 0.3) is 0 Å². The molecule has 0 N–H and O–H groups in total. The first kappa shape index (κ1) is 18.4. The molecule has 1 saturated heterocycles. The lowest BCUT2D eigenvalue weighted by Gasteiger charge is -2.32. The van der Waals surface area contributed by atoms with E-state index in [1.165, 1.54) is 0 Å². The van der Waals surface area contributed by atoms with Gasteiger partial charge >= 0.3 is 0 Å². The van der Waals surface area contributed by atoms with Crippen molar-refractivity contribution >= 4 is 23.6 Å². The van der Waals surface area contributed by atoms with Crippen molar-refractivity contribution in [1.29, 1.82) is 0 Å². The molecule has 0 bridgehead atoms. The predicted octanol–water partition coefficient (Wildman–Crippen LogP) is 5.16. The second kappa shape index (κ2) is 8.40. The fraction of sp³-hybridized carbons (Fsp3) is 0.227. The molecule has 1 atom stereocenters. The zero-order valence-electron chi connectivity index (χ0n) is 15.3. The van der Waals surface area contributed by atoms with Crippen LogP contribution in [0.25, 0.3) is 17.5 Å². The summed E-state index contributed by atoms with van der Waals surface area (Å²) in [4.78, 5) is 19.2. The van der Waals surface area contributed by atoms with Crippen molar-refractivity contribution in [2.45, 2.75) is 25.3 Å². The van der Waals surface area contributed by atoms with Gasteiger partial charge in [0.1, 0.15) is 6.04 Å². The molecular weight excluding hydrogens is 374 g/mol. The summed E-state index contributed by atoms with van der Waals surface area (Å²) in [5, 5.41) is 4.75. The summed E-state index contributed by atoms with van der Waals surface area (Å²) in [5.74, 6) is 0.940. The van der Waals surface area contributed by atoms with E-state index < -0.39 is 0 Å². The first-order valence-corrected chi connectivity index (χ1v) is 9.72. The number of carbonyl (C=O) groups excluding carboxylic acids is 1. The molecule has 142 valence electrons. The van der Waals surface area contributed by atoms with Crippen LogP contribution in [0.1, 0.15) is 36.8 Å².